The number of imidazole rings is 1. The zero-order chi connectivity index (χ0) is 15.7. The van der Waals surface area contributed by atoms with Crippen LogP contribution in [0.4, 0.5) is 0 Å². The van der Waals surface area contributed by atoms with Crippen molar-refractivity contribution in [3.8, 4) is 11.5 Å². The van der Waals surface area contributed by atoms with E-state index < -0.39 is 10.0 Å². The summed E-state index contributed by atoms with van der Waals surface area (Å²) in [6.07, 6.45) is 1.30. The van der Waals surface area contributed by atoms with Gasteiger partial charge in [-0.2, -0.15) is 0 Å². The quantitative estimate of drug-likeness (QED) is 0.738. The van der Waals surface area contributed by atoms with Gasteiger partial charge < -0.3 is 9.47 Å². The van der Waals surface area contributed by atoms with Gasteiger partial charge >= 0.3 is 0 Å². The average Bonchev–Trinajstić information content (AvgIpc) is 2.98. The topological polar surface area (TPSA) is 70.4 Å². The van der Waals surface area contributed by atoms with Crippen LogP contribution >= 0.6 is 0 Å². The van der Waals surface area contributed by atoms with Crippen LogP contribution in [-0.2, 0) is 10.0 Å². The van der Waals surface area contributed by atoms with E-state index in [0.717, 1.165) is 3.97 Å². The Morgan fingerprint density at radius 1 is 1.00 bits per heavy atom. The molecule has 114 valence electrons. The molecule has 2 aromatic carbocycles. The summed E-state index contributed by atoms with van der Waals surface area (Å²) in [7, 11) is -0.807. The third kappa shape index (κ3) is 2.19. The highest BCUT2D eigenvalue weighted by Crippen LogP contribution is 2.30. The first-order valence-corrected chi connectivity index (χ1v) is 7.91. The van der Waals surface area contributed by atoms with Crippen LogP contribution in [0.1, 0.15) is 0 Å². The molecule has 7 heteroatoms. The largest absolute Gasteiger partial charge is 0.493 e. The minimum atomic E-state index is -3.76. The van der Waals surface area contributed by atoms with Crippen molar-refractivity contribution in [2.75, 3.05) is 14.2 Å². The molecule has 0 fully saturated rings. The summed E-state index contributed by atoms with van der Waals surface area (Å²) < 4.78 is 37.1. The molecule has 0 N–H and O–H groups in total. The Balaban J connectivity index is 2.18. The molecular weight excluding hydrogens is 304 g/mol. The van der Waals surface area contributed by atoms with Crippen LogP contribution in [0.2, 0.25) is 0 Å². The van der Waals surface area contributed by atoms with Crippen molar-refractivity contribution in [3.63, 3.8) is 0 Å². The lowest BCUT2D eigenvalue weighted by atomic mass is 10.3. The summed E-state index contributed by atoms with van der Waals surface area (Å²) in [6, 6.07) is 11.5. The van der Waals surface area contributed by atoms with Gasteiger partial charge in [0.05, 0.1) is 30.1 Å². The van der Waals surface area contributed by atoms with Gasteiger partial charge in [0.2, 0.25) is 0 Å². The number of nitrogens with zero attached hydrogens (tertiary/aromatic N) is 2. The van der Waals surface area contributed by atoms with Crippen molar-refractivity contribution in [3.05, 3.63) is 48.8 Å². The fourth-order valence-electron chi connectivity index (χ4n) is 2.22. The van der Waals surface area contributed by atoms with Crippen LogP contribution in [0, 0.1) is 0 Å². The lowest BCUT2D eigenvalue weighted by molar-refractivity contribution is 0.354. The normalized spacial score (nSPS) is 11.5. The lowest BCUT2D eigenvalue weighted by Crippen LogP contribution is -2.12. The van der Waals surface area contributed by atoms with Gasteiger partial charge in [-0.05, 0) is 24.3 Å². The van der Waals surface area contributed by atoms with Gasteiger partial charge in [0.15, 0.2) is 11.5 Å². The van der Waals surface area contributed by atoms with Crippen molar-refractivity contribution >= 4 is 21.1 Å². The molecule has 1 aromatic heterocycles. The number of para-hydroxylation sites is 2. The molecular formula is C15H14N2O4S. The Morgan fingerprint density at radius 3 is 2.45 bits per heavy atom. The summed E-state index contributed by atoms with van der Waals surface area (Å²) in [5.41, 5.74) is 1.14. The van der Waals surface area contributed by atoms with Crippen LogP contribution in [0.25, 0.3) is 11.0 Å². The Bertz CT molecular complexity index is 932. The van der Waals surface area contributed by atoms with Crippen molar-refractivity contribution in [2.24, 2.45) is 0 Å². The standard InChI is InChI=1S/C15H14N2O4S/c1-20-14-8-7-11(9-15(14)21-2)22(18,19)17-10-16-12-5-3-4-6-13(12)17/h3-10H,1-2H3. The van der Waals surface area contributed by atoms with Crippen LogP contribution in [0.15, 0.2) is 53.7 Å². The molecule has 0 saturated heterocycles. The van der Waals surface area contributed by atoms with E-state index in [4.69, 9.17) is 9.47 Å². The Hall–Kier alpha value is -2.54. The van der Waals surface area contributed by atoms with Gasteiger partial charge in [-0.1, -0.05) is 12.1 Å². The van der Waals surface area contributed by atoms with E-state index in [9.17, 15) is 8.42 Å². The average molecular weight is 318 g/mol. The summed E-state index contributed by atoms with van der Waals surface area (Å²) in [6.45, 7) is 0. The fraction of sp³-hybridized carbons (Fsp3) is 0.133. The van der Waals surface area contributed by atoms with Gasteiger partial charge in [-0.15, -0.1) is 0 Å². The number of benzene rings is 2. The molecule has 0 bridgehead atoms. The maximum absolute atomic E-state index is 12.8. The van der Waals surface area contributed by atoms with Crippen LogP contribution in [0.3, 0.4) is 0 Å². The fourth-order valence-corrected chi connectivity index (χ4v) is 3.53. The summed E-state index contributed by atoms with van der Waals surface area (Å²) in [4.78, 5) is 4.22. The summed E-state index contributed by atoms with van der Waals surface area (Å²) in [5.74, 6) is 0.824. The predicted molar refractivity (Wildman–Crippen MR) is 81.9 cm³/mol. The molecule has 0 aliphatic carbocycles. The van der Waals surface area contributed by atoms with E-state index >= 15 is 0 Å². The monoisotopic (exact) mass is 318 g/mol. The number of hydrogen-bond donors (Lipinski definition) is 0. The van der Waals surface area contributed by atoms with Crippen molar-refractivity contribution in [1.29, 1.82) is 0 Å². The SMILES string of the molecule is COc1ccc(S(=O)(=O)n2cnc3ccccc32)cc1OC. The number of fused-ring (bicyclic) bond motifs is 1. The minimum Gasteiger partial charge on any atom is -0.493 e. The van der Waals surface area contributed by atoms with Crippen LogP contribution < -0.4 is 9.47 Å². The van der Waals surface area contributed by atoms with Gasteiger partial charge in [-0.25, -0.2) is 17.4 Å². The Kier molecular flexibility index (Phi) is 3.50. The molecule has 22 heavy (non-hydrogen) atoms. The van der Waals surface area contributed by atoms with Crippen LogP contribution in [-0.4, -0.2) is 31.6 Å². The third-order valence-corrected chi connectivity index (χ3v) is 4.99. The first kappa shape index (κ1) is 14.4. The third-order valence-electron chi connectivity index (χ3n) is 3.33. The highest BCUT2D eigenvalue weighted by atomic mass is 32.2. The Labute approximate surface area is 128 Å². The van der Waals surface area contributed by atoms with E-state index in [1.165, 1.54) is 32.7 Å². The minimum absolute atomic E-state index is 0.105. The van der Waals surface area contributed by atoms with Gasteiger partial charge in [0, 0.05) is 6.07 Å². The smallest absolute Gasteiger partial charge is 0.269 e. The molecule has 0 spiro atoms. The molecule has 0 radical (unpaired) electrons. The van der Waals surface area contributed by atoms with Crippen molar-refractivity contribution in [2.45, 2.75) is 4.90 Å². The lowest BCUT2D eigenvalue weighted by Gasteiger charge is -2.11. The van der Waals surface area contributed by atoms with Gasteiger partial charge in [-0.3, -0.25) is 0 Å². The van der Waals surface area contributed by atoms with Crippen molar-refractivity contribution in [1.82, 2.24) is 8.96 Å². The molecule has 6 nitrogen and oxygen atoms in total. The molecule has 0 amide bonds. The molecule has 3 rings (SSSR count). The van der Waals surface area contributed by atoms with E-state index in [0.29, 0.717) is 22.5 Å². The van der Waals surface area contributed by atoms with Gasteiger partial charge in [0.1, 0.15) is 6.33 Å². The second kappa shape index (κ2) is 5.34. The zero-order valence-corrected chi connectivity index (χ0v) is 12.9. The van der Waals surface area contributed by atoms with Gasteiger partial charge in [0.25, 0.3) is 10.0 Å². The van der Waals surface area contributed by atoms with E-state index in [2.05, 4.69) is 4.98 Å². The number of ether oxygens (including phenoxy) is 2. The second-order valence-corrected chi connectivity index (χ2v) is 6.37. The first-order valence-electron chi connectivity index (χ1n) is 6.47. The second-order valence-electron chi connectivity index (χ2n) is 4.55. The molecule has 1 heterocycles. The molecule has 0 saturated carbocycles. The molecule has 0 atom stereocenters. The molecule has 0 aliphatic heterocycles. The first-order chi connectivity index (χ1) is 10.6. The number of aromatic nitrogens is 2. The molecule has 0 aliphatic rings. The predicted octanol–water partition coefficient (Wildman–Crippen LogP) is 2.29. The summed E-state index contributed by atoms with van der Waals surface area (Å²) >= 11 is 0. The summed E-state index contributed by atoms with van der Waals surface area (Å²) in [5, 5.41) is 0. The maximum Gasteiger partial charge on any atom is 0.269 e. The Morgan fingerprint density at radius 2 is 1.73 bits per heavy atom. The van der Waals surface area contributed by atoms with Crippen molar-refractivity contribution < 1.29 is 17.9 Å². The number of rotatable bonds is 4. The van der Waals surface area contributed by atoms with E-state index in [-0.39, 0.29) is 4.90 Å². The molecule has 0 unspecified atom stereocenters. The zero-order valence-electron chi connectivity index (χ0n) is 12.1. The number of hydrogen-bond acceptors (Lipinski definition) is 5. The van der Waals surface area contributed by atoms with E-state index in [1.54, 1.807) is 24.3 Å². The molecule has 3 aromatic rings. The highest BCUT2D eigenvalue weighted by molar-refractivity contribution is 7.90. The maximum atomic E-state index is 12.8. The van der Waals surface area contributed by atoms with E-state index in [1.807, 2.05) is 6.07 Å². The highest BCUT2D eigenvalue weighted by Gasteiger charge is 2.21. The number of methoxy groups -OCH3 is 2. The van der Waals surface area contributed by atoms with Crippen LogP contribution in [0.5, 0.6) is 11.5 Å².